The zero-order valence-corrected chi connectivity index (χ0v) is 12.2. The first-order chi connectivity index (χ1) is 9.70. The van der Waals surface area contributed by atoms with E-state index >= 15 is 0 Å². The minimum Gasteiger partial charge on any atom is -0.339 e. The van der Waals surface area contributed by atoms with E-state index in [9.17, 15) is 0 Å². The smallest absolute Gasteiger partial charge is 0.231 e. The van der Waals surface area contributed by atoms with E-state index in [0.29, 0.717) is 5.92 Å². The van der Waals surface area contributed by atoms with Crippen molar-refractivity contribution in [3.8, 4) is 0 Å². The zero-order chi connectivity index (χ0) is 13.9. The molecule has 3 rings (SSSR count). The molecule has 106 valence electrons. The van der Waals surface area contributed by atoms with Crippen LogP contribution in [0.4, 0.5) is 0 Å². The van der Waals surface area contributed by atoms with Crippen LogP contribution in [0, 0.1) is 13.8 Å². The molecule has 2 heterocycles. The molecule has 0 bridgehead atoms. The molecule has 1 aromatic carbocycles. The van der Waals surface area contributed by atoms with Crippen LogP contribution >= 0.6 is 0 Å². The van der Waals surface area contributed by atoms with E-state index in [4.69, 9.17) is 4.52 Å². The van der Waals surface area contributed by atoms with E-state index in [2.05, 4.69) is 46.2 Å². The maximum Gasteiger partial charge on any atom is 0.231 e. The van der Waals surface area contributed by atoms with Crippen molar-refractivity contribution in [1.29, 1.82) is 0 Å². The van der Waals surface area contributed by atoms with Crippen LogP contribution in [-0.4, -0.2) is 28.1 Å². The average molecular weight is 271 g/mol. The van der Waals surface area contributed by atoms with Crippen LogP contribution in [0.5, 0.6) is 0 Å². The van der Waals surface area contributed by atoms with E-state index in [1.165, 1.54) is 17.5 Å². The van der Waals surface area contributed by atoms with E-state index < -0.39 is 0 Å². The average Bonchev–Trinajstić information content (AvgIpc) is 2.86. The molecule has 1 aliphatic heterocycles. The second-order valence-electron chi connectivity index (χ2n) is 5.74. The Balaban J connectivity index is 1.66. The number of benzene rings is 1. The molecule has 1 fully saturated rings. The molecule has 0 amide bonds. The van der Waals surface area contributed by atoms with E-state index in [-0.39, 0.29) is 0 Å². The largest absolute Gasteiger partial charge is 0.339 e. The predicted molar refractivity (Wildman–Crippen MR) is 77.5 cm³/mol. The molecular formula is C16H21N3O. The Hall–Kier alpha value is -1.68. The highest BCUT2D eigenvalue weighted by atomic mass is 16.5. The number of hydrogen-bond acceptors (Lipinski definition) is 4. The molecule has 1 aromatic heterocycles. The van der Waals surface area contributed by atoms with Gasteiger partial charge in [0, 0.05) is 13.1 Å². The molecule has 1 atom stereocenters. The molecule has 1 saturated heterocycles. The van der Waals surface area contributed by atoms with Crippen LogP contribution in [0.1, 0.15) is 41.6 Å². The van der Waals surface area contributed by atoms with Crippen LogP contribution in [0.15, 0.2) is 28.8 Å². The Morgan fingerprint density at radius 3 is 3.00 bits per heavy atom. The molecule has 0 radical (unpaired) electrons. The lowest BCUT2D eigenvalue weighted by Crippen LogP contribution is -2.34. The maximum atomic E-state index is 5.33. The summed E-state index contributed by atoms with van der Waals surface area (Å²) in [5.41, 5.74) is 2.70. The Bertz CT molecular complexity index is 579. The van der Waals surface area contributed by atoms with E-state index in [0.717, 1.165) is 37.8 Å². The summed E-state index contributed by atoms with van der Waals surface area (Å²) in [5, 5.41) is 3.91. The molecular weight excluding hydrogens is 250 g/mol. The van der Waals surface area contributed by atoms with Gasteiger partial charge >= 0.3 is 0 Å². The SMILES string of the molecule is Cc1cccc(CN2CCCC(c3nc(C)no3)C2)c1. The van der Waals surface area contributed by atoms with Crippen molar-refractivity contribution in [2.45, 2.75) is 39.2 Å². The maximum absolute atomic E-state index is 5.33. The van der Waals surface area contributed by atoms with Crippen LogP contribution in [0.2, 0.25) is 0 Å². The third kappa shape index (κ3) is 3.07. The van der Waals surface area contributed by atoms with Crippen LogP contribution < -0.4 is 0 Å². The Labute approximate surface area is 119 Å². The first-order valence-electron chi connectivity index (χ1n) is 7.29. The fourth-order valence-corrected chi connectivity index (χ4v) is 2.95. The molecule has 4 nitrogen and oxygen atoms in total. The summed E-state index contributed by atoms with van der Waals surface area (Å²) in [6.45, 7) is 7.18. The van der Waals surface area contributed by atoms with Crippen molar-refractivity contribution in [1.82, 2.24) is 15.0 Å². The number of rotatable bonds is 3. The fourth-order valence-electron chi connectivity index (χ4n) is 2.95. The van der Waals surface area contributed by atoms with Crippen LogP contribution in [0.25, 0.3) is 0 Å². The molecule has 20 heavy (non-hydrogen) atoms. The molecule has 0 saturated carbocycles. The summed E-state index contributed by atoms with van der Waals surface area (Å²) < 4.78 is 5.33. The lowest BCUT2D eigenvalue weighted by molar-refractivity contribution is 0.180. The molecule has 0 spiro atoms. The highest BCUT2D eigenvalue weighted by Crippen LogP contribution is 2.26. The summed E-state index contributed by atoms with van der Waals surface area (Å²) in [7, 11) is 0. The van der Waals surface area contributed by atoms with E-state index in [1.54, 1.807) is 0 Å². The van der Waals surface area contributed by atoms with Crippen molar-refractivity contribution < 1.29 is 4.52 Å². The second kappa shape index (κ2) is 5.75. The normalized spacial score (nSPS) is 20.2. The molecule has 1 unspecified atom stereocenters. The second-order valence-corrected chi connectivity index (χ2v) is 5.74. The number of nitrogens with zero attached hydrogens (tertiary/aromatic N) is 3. The van der Waals surface area contributed by atoms with Gasteiger partial charge in [0.2, 0.25) is 5.89 Å². The van der Waals surface area contributed by atoms with Crippen LogP contribution in [-0.2, 0) is 6.54 Å². The Kier molecular flexibility index (Phi) is 3.83. The first-order valence-corrected chi connectivity index (χ1v) is 7.29. The minimum atomic E-state index is 0.384. The van der Waals surface area contributed by atoms with Crippen molar-refractivity contribution >= 4 is 0 Å². The Morgan fingerprint density at radius 1 is 1.35 bits per heavy atom. The van der Waals surface area contributed by atoms with Crippen molar-refractivity contribution in [2.24, 2.45) is 0 Å². The molecule has 1 aliphatic rings. The molecule has 2 aromatic rings. The number of piperidine rings is 1. The van der Waals surface area contributed by atoms with Gasteiger partial charge in [-0.3, -0.25) is 4.90 Å². The topological polar surface area (TPSA) is 42.2 Å². The van der Waals surface area contributed by atoms with Gasteiger partial charge < -0.3 is 4.52 Å². The molecule has 0 aliphatic carbocycles. The third-order valence-corrected chi connectivity index (χ3v) is 3.89. The van der Waals surface area contributed by atoms with Gasteiger partial charge in [-0.1, -0.05) is 35.0 Å². The van der Waals surface area contributed by atoms with Gasteiger partial charge in [0.05, 0.1) is 5.92 Å². The van der Waals surface area contributed by atoms with Crippen LogP contribution in [0.3, 0.4) is 0 Å². The third-order valence-electron chi connectivity index (χ3n) is 3.89. The summed E-state index contributed by atoms with van der Waals surface area (Å²) in [5.74, 6) is 1.92. The van der Waals surface area contributed by atoms with Crippen molar-refractivity contribution in [3.63, 3.8) is 0 Å². The number of aromatic nitrogens is 2. The van der Waals surface area contributed by atoms with Gasteiger partial charge in [0.1, 0.15) is 0 Å². The molecule has 0 N–H and O–H groups in total. The standard InChI is InChI=1S/C16H21N3O/c1-12-5-3-6-14(9-12)10-19-8-4-7-15(11-19)16-17-13(2)18-20-16/h3,5-6,9,15H,4,7-8,10-11H2,1-2H3. The van der Waals surface area contributed by atoms with Gasteiger partial charge in [-0.25, -0.2) is 0 Å². The highest BCUT2D eigenvalue weighted by Gasteiger charge is 2.25. The van der Waals surface area contributed by atoms with Gasteiger partial charge in [0.15, 0.2) is 5.82 Å². The summed E-state index contributed by atoms with van der Waals surface area (Å²) in [4.78, 5) is 6.87. The monoisotopic (exact) mass is 271 g/mol. The first kappa shape index (κ1) is 13.3. The Morgan fingerprint density at radius 2 is 2.25 bits per heavy atom. The van der Waals surface area contributed by atoms with Gasteiger partial charge in [-0.05, 0) is 38.8 Å². The van der Waals surface area contributed by atoms with E-state index in [1.807, 2.05) is 6.92 Å². The van der Waals surface area contributed by atoms with Crippen molar-refractivity contribution in [3.05, 3.63) is 47.1 Å². The zero-order valence-electron chi connectivity index (χ0n) is 12.2. The summed E-state index contributed by atoms with van der Waals surface area (Å²) in [6, 6.07) is 8.74. The quantitative estimate of drug-likeness (QED) is 0.860. The highest BCUT2D eigenvalue weighted by molar-refractivity contribution is 5.22. The van der Waals surface area contributed by atoms with Gasteiger partial charge in [-0.2, -0.15) is 4.98 Å². The van der Waals surface area contributed by atoms with Gasteiger partial charge in [-0.15, -0.1) is 0 Å². The summed E-state index contributed by atoms with van der Waals surface area (Å²) >= 11 is 0. The number of likely N-dealkylation sites (tertiary alicyclic amines) is 1. The summed E-state index contributed by atoms with van der Waals surface area (Å²) in [6.07, 6.45) is 2.34. The minimum absolute atomic E-state index is 0.384. The lowest BCUT2D eigenvalue weighted by atomic mass is 9.97. The lowest BCUT2D eigenvalue weighted by Gasteiger charge is -2.31. The predicted octanol–water partition coefficient (Wildman–Crippen LogP) is 3.07. The van der Waals surface area contributed by atoms with Crippen molar-refractivity contribution in [2.75, 3.05) is 13.1 Å². The molecule has 4 heteroatoms. The number of aryl methyl sites for hydroxylation is 2. The van der Waals surface area contributed by atoms with Gasteiger partial charge in [0.25, 0.3) is 0 Å². The fraction of sp³-hybridized carbons (Fsp3) is 0.500. The number of hydrogen-bond donors (Lipinski definition) is 0.